The number of aryl methyl sites for hydroxylation is 1. The Morgan fingerprint density at radius 1 is 1.12 bits per heavy atom. The number of amides is 1. The number of methoxy groups -OCH3 is 1. The summed E-state index contributed by atoms with van der Waals surface area (Å²) in [4.78, 5) is 12.1. The molecule has 0 radical (unpaired) electrons. The molecule has 1 amide bonds. The lowest BCUT2D eigenvalue weighted by Gasteiger charge is -2.16. The van der Waals surface area contributed by atoms with Gasteiger partial charge >= 0.3 is 0 Å². The van der Waals surface area contributed by atoms with E-state index in [1.54, 1.807) is 25.3 Å². The topological polar surface area (TPSA) is 47.6 Å². The van der Waals surface area contributed by atoms with Gasteiger partial charge in [0.1, 0.15) is 0 Å². The summed E-state index contributed by atoms with van der Waals surface area (Å²) in [6.07, 6.45) is 0. The molecule has 0 aliphatic heterocycles. The molecule has 0 fully saturated rings. The van der Waals surface area contributed by atoms with Gasteiger partial charge in [0, 0.05) is 0 Å². The fourth-order valence-electron chi connectivity index (χ4n) is 2.19. The maximum Gasteiger partial charge on any atom is 0.258 e. The molecule has 2 aromatic carbocycles. The number of carbonyl (C=O) groups excluding carboxylic acids is 1. The first-order valence-electron chi connectivity index (χ1n) is 7.42. The summed E-state index contributed by atoms with van der Waals surface area (Å²) >= 11 is 11.9. The van der Waals surface area contributed by atoms with E-state index < -0.39 is 0 Å². The molecule has 24 heavy (non-hydrogen) atoms. The molecule has 1 atom stereocenters. The minimum atomic E-state index is -0.240. The smallest absolute Gasteiger partial charge is 0.258 e. The van der Waals surface area contributed by atoms with E-state index in [9.17, 15) is 4.79 Å². The Balaban J connectivity index is 1.94. The van der Waals surface area contributed by atoms with Gasteiger partial charge in [-0.25, -0.2) is 0 Å². The van der Waals surface area contributed by atoms with Crippen LogP contribution in [0.25, 0.3) is 0 Å². The minimum Gasteiger partial charge on any atom is -0.493 e. The second kappa shape index (κ2) is 8.27. The van der Waals surface area contributed by atoms with Crippen LogP contribution in [-0.4, -0.2) is 19.6 Å². The lowest BCUT2D eigenvalue weighted by atomic mass is 10.1. The van der Waals surface area contributed by atoms with Crippen molar-refractivity contribution in [3.63, 3.8) is 0 Å². The normalized spacial score (nSPS) is 11.7. The molecule has 2 aromatic rings. The van der Waals surface area contributed by atoms with Crippen LogP contribution in [0.2, 0.25) is 10.0 Å². The Hall–Kier alpha value is -1.91. The van der Waals surface area contributed by atoms with E-state index in [-0.39, 0.29) is 18.6 Å². The van der Waals surface area contributed by atoms with Gasteiger partial charge in [-0.05, 0) is 49.2 Å². The zero-order valence-corrected chi connectivity index (χ0v) is 15.2. The summed E-state index contributed by atoms with van der Waals surface area (Å²) < 4.78 is 10.8. The molecule has 0 aliphatic rings. The molecule has 2 rings (SSSR count). The molecular formula is C18H19Cl2NO3. The molecule has 128 valence electrons. The number of hydrogen-bond acceptors (Lipinski definition) is 3. The van der Waals surface area contributed by atoms with Crippen molar-refractivity contribution in [3.05, 3.63) is 57.6 Å². The zero-order chi connectivity index (χ0) is 17.7. The number of carbonyl (C=O) groups is 1. The van der Waals surface area contributed by atoms with E-state index in [0.29, 0.717) is 21.5 Å². The van der Waals surface area contributed by atoms with Crippen molar-refractivity contribution < 1.29 is 14.3 Å². The number of rotatable bonds is 6. The number of benzene rings is 2. The molecular weight excluding hydrogens is 349 g/mol. The lowest BCUT2D eigenvalue weighted by molar-refractivity contribution is -0.123. The highest BCUT2D eigenvalue weighted by Gasteiger charge is 2.13. The van der Waals surface area contributed by atoms with Crippen LogP contribution in [0.15, 0.2) is 36.4 Å². The van der Waals surface area contributed by atoms with E-state index in [0.717, 1.165) is 11.1 Å². The van der Waals surface area contributed by atoms with Crippen LogP contribution in [0, 0.1) is 6.92 Å². The SMILES string of the molecule is COc1cc(C)ccc1OCC(=O)NC(C)c1ccc(Cl)c(Cl)c1. The third-order valence-corrected chi connectivity index (χ3v) is 4.24. The largest absolute Gasteiger partial charge is 0.493 e. The Morgan fingerprint density at radius 2 is 1.88 bits per heavy atom. The highest BCUT2D eigenvalue weighted by Crippen LogP contribution is 2.28. The lowest BCUT2D eigenvalue weighted by Crippen LogP contribution is -2.31. The van der Waals surface area contributed by atoms with E-state index in [4.69, 9.17) is 32.7 Å². The van der Waals surface area contributed by atoms with Crippen molar-refractivity contribution >= 4 is 29.1 Å². The van der Waals surface area contributed by atoms with Gasteiger partial charge in [-0.15, -0.1) is 0 Å². The average molecular weight is 368 g/mol. The fraction of sp³-hybridized carbons (Fsp3) is 0.278. The predicted octanol–water partition coefficient (Wildman–Crippen LogP) is 4.57. The molecule has 1 N–H and O–H groups in total. The highest BCUT2D eigenvalue weighted by atomic mass is 35.5. The van der Waals surface area contributed by atoms with Gasteiger partial charge in [-0.3, -0.25) is 4.79 Å². The Labute approximate surface area is 151 Å². The number of ether oxygens (including phenoxy) is 2. The highest BCUT2D eigenvalue weighted by molar-refractivity contribution is 6.42. The molecule has 0 saturated carbocycles. The van der Waals surface area contributed by atoms with Crippen LogP contribution in [0.3, 0.4) is 0 Å². The van der Waals surface area contributed by atoms with Gasteiger partial charge in [0.05, 0.1) is 23.2 Å². The van der Waals surface area contributed by atoms with Gasteiger partial charge in [-0.1, -0.05) is 35.3 Å². The molecule has 0 heterocycles. The van der Waals surface area contributed by atoms with Crippen molar-refractivity contribution in [2.24, 2.45) is 0 Å². The summed E-state index contributed by atoms with van der Waals surface area (Å²) in [5.41, 5.74) is 1.92. The molecule has 0 aliphatic carbocycles. The van der Waals surface area contributed by atoms with Crippen LogP contribution < -0.4 is 14.8 Å². The van der Waals surface area contributed by atoms with Gasteiger partial charge in [0.15, 0.2) is 18.1 Å². The first kappa shape index (κ1) is 18.4. The molecule has 0 bridgehead atoms. The van der Waals surface area contributed by atoms with Crippen molar-refractivity contribution in [2.75, 3.05) is 13.7 Å². The van der Waals surface area contributed by atoms with Gasteiger partial charge in [0.25, 0.3) is 5.91 Å². The van der Waals surface area contributed by atoms with Crippen molar-refractivity contribution in [1.29, 1.82) is 0 Å². The third kappa shape index (κ3) is 4.79. The molecule has 1 unspecified atom stereocenters. The van der Waals surface area contributed by atoms with Crippen molar-refractivity contribution in [2.45, 2.75) is 19.9 Å². The Morgan fingerprint density at radius 3 is 2.54 bits per heavy atom. The summed E-state index contributed by atoms with van der Waals surface area (Å²) in [6.45, 7) is 3.72. The molecule has 0 spiro atoms. The van der Waals surface area contributed by atoms with E-state index >= 15 is 0 Å². The van der Waals surface area contributed by atoms with Crippen LogP contribution in [0.5, 0.6) is 11.5 Å². The van der Waals surface area contributed by atoms with Crippen LogP contribution in [-0.2, 0) is 4.79 Å². The third-order valence-electron chi connectivity index (χ3n) is 3.50. The first-order valence-corrected chi connectivity index (χ1v) is 8.18. The average Bonchev–Trinajstić information content (AvgIpc) is 2.55. The monoisotopic (exact) mass is 367 g/mol. The molecule has 6 heteroatoms. The minimum absolute atomic E-state index is 0.106. The Bertz CT molecular complexity index is 734. The van der Waals surface area contributed by atoms with Crippen LogP contribution >= 0.6 is 23.2 Å². The van der Waals surface area contributed by atoms with Gasteiger partial charge < -0.3 is 14.8 Å². The van der Waals surface area contributed by atoms with Crippen molar-refractivity contribution in [3.8, 4) is 11.5 Å². The second-order valence-corrected chi connectivity index (χ2v) is 6.22. The van der Waals surface area contributed by atoms with Crippen LogP contribution in [0.4, 0.5) is 0 Å². The molecule has 4 nitrogen and oxygen atoms in total. The summed E-state index contributed by atoms with van der Waals surface area (Å²) in [7, 11) is 1.56. The van der Waals surface area contributed by atoms with Crippen LogP contribution in [0.1, 0.15) is 24.1 Å². The zero-order valence-electron chi connectivity index (χ0n) is 13.7. The Kier molecular flexibility index (Phi) is 6.35. The fourth-order valence-corrected chi connectivity index (χ4v) is 2.49. The summed E-state index contributed by atoms with van der Waals surface area (Å²) in [5, 5.41) is 3.79. The number of nitrogens with one attached hydrogen (secondary N) is 1. The van der Waals surface area contributed by atoms with E-state index in [1.165, 1.54) is 0 Å². The molecule has 0 aromatic heterocycles. The quantitative estimate of drug-likeness (QED) is 0.813. The van der Waals surface area contributed by atoms with Gasteiger partial charge in [0.2, 0.25) is 0 Å². The van der Waals surface area contributed by atoms with Gasteiger partial charge in [-0.2, -0.15) is 0 Å². The first-order chi connectivity index (χ1) is 11.4. The number of halogens is 2. The number of hydrogen-bond donors (Lipinski definition) is 1. The maximum absolute atomic E-state index is 12.1. The standard InChI is InChI=1S/C18H19Cl2NO3/c1-11-4-7-16(17(8-11)23-3)24-10-18(22)21-12(2)13-5-6-14(19)15(20)9-13/h4-9,12H,10H2,1-3H3,(H,21,22). The van der Waals surface area contributed by atoms with E-state index in [2.05, 4.69) is 5.32 Å². The second-order valence-electron chi connectivity index (χ2n) is 5.41. The molecule has 0 saturated heterocycles. The van der Waals surface area contributed by atoms with E-state index in [1.807, 2.05) is 32.0 Å². The van der Waals surface area contributed by atoms with Crippen molar-refractivity contribution in [1.82, 2.24) is 5.32 Å². The summed E-state index contributed by atoms with van der Waals surface area (Å²) in [6, 6.07) is 10.6. The summed E-state index contributed by atoms with van der Waals surface area (Å²) in [5.74, 6) is 0.886. The predicted molar refractivity (Wildman–Crippen MR) is 96.2 cm³/mol. The maximum atomic E-state index is 12.1.